The standard InChI is InChI=1S/C19H23ClN4O3/c1-26-15-6-2-3-7-16(15)27-12-10-21-19(25)14-5-4-11-24(13-14)18-9-8-17(20)22-23-18/h2-3,6-9,14H,4-5,10-13H2,1H3,(H,21,25)/t14-/m0/s1. The molecule has 0 spiro atoms. The highest BCUT2D eigenvalue weighted by Gasteiger charge is 2.26. The van der Waals surface area contributed by atoms with Crippen LogP contribution in [0.2, 0.25) is 5.15 Å². The van der Waals surface area contributed by atoms with Gasteiger partial charge < -0.3 is 19.7 Å². The molecular formula is C19H23ClN4O3. The van der Waals surface area contributed by atoms with E-state index >= 15 is 0 Å². The number of hydrogen-bond donors (Lipinski definition) is 1. The van der Waals surface area contributed by atoms with E-state index in [2.05, 4.69) is 20.4 Å². The number of piperidine rings is 1. The number of halogens is 1. The smallest absolute Gasteiger partial charge is 0.225 e. The molecule has 1 fully saturated rings. The van der Waals surface area contributed by atoms with E-state index in [0.29, 0.717) is 36.3 Å². The second-order valence-corrected chi connectivity index (χ2v) is 6.68. The van der Waals surface area contributed by atoms with Crippen LogP contribution in [0, 0.1) is 5.92 Å². The lowest BCUT2D eigenvalue weighted by Gasteiger charge is -2.32. The predicted molar refractivity (Wildman–Crippen MR) is 103 cm³/mol. The maximum atomic E-state index is 12.5. The number of carbonyl (C=O) groups excluding carboxylic acids is 1. The lowest BCUT2D eigenvalue weighted by atomic mass is 9.97. The van der Waals surface area contributed by atoms with Crippen LogP contribution in [0.1, 0.15) is 12.8 Å². The Morgan fingerprint density at radius 2 is 2.07 bits per heavy atom. The zero-order valence-corrected chi connectivity index (χ0v) is 16.0. The monoisotopic (exact) mass is 390 g/mol. The van der Waals surface area contributed by atoms with Gasteiger partial charge in [0.25, 0.3) is 0 Å². The number of aromatic nitrogens is 2. The molecule has 2 heterocycles. The molecule has 144 valence electrons. The van der Waals surface area contributed by atoms with E-state index in [1.54, 1.807) is 13.2 Å². The summed E-state index contributed by atoms with van der Waals surface area (Å²) < 4.78 is 10.9. The number of anilines is 1. The zero-order chi connectivity index (χ0) is 19.1. The van der Waals surface area contributed by atoms with Crippen molar-refractivity contribution in [2.45, 2.75) is 12.8 Å². The minimum atomic E-state index is -0.0810. The normalized spacial score (nSPS) is 16.7. The number of nitrogens with one attached hydrogen (secondary N) is 1. The van der Waals surface area contributed by atoms with Crippen molar-refractivity contribution in [2.24, 2.45) is 5.92 Å². The molecule has 27 heavy (non-hydrogen) atoms. The summed E-state index contributed by atoms with van der Waals surface area (Å²) in [6, 6.07) is 11.0. The highest BCUT2D eigenvalue weighted by atomic mass is 35.5. The highest BCUT2D eigenvalue weighted by Crippen LogP contribution is 2.25. The first-order chi connectivity index (χ1) is 13.2. The average Bonchev–Trinajstić information content (AvgIpc) is 2.72. The van der Waals surface area contributed by atoms with Crippen molar-refractivity contribution in [2.75, 3.05) is 38.3 Å². The first-order valence-corrected chi connectivity index (χ1v) is 9.33. The molecule has 1 aromatic heterocycles. The molecule has 0 aliphatic carbocycles. The molecule has 1 aromatic carbocycles. The van der Waals surface area contributed by atoms with Crippen molar-refractivity contribution in [1.82, 2.24) is 15.5 Å². The van der Waals surface area contributed by atoms with Crippen molar-refractivity contribution in [1.29, 1.82) is 0 Å². The van der Waals surface area contributed by atoms with Crippen LogP contribution in [0.15, 0.2) is 36.4 Å². The Balaban J connectivity index is 1.45. The summed E-state index contributed by atoms with van der Waals surface area (Å²) in [4.78, 5) is 14.6. The fourth-order valence-electron chi connectivity index (χ4n) is 3.09. The van der Waals surface area contributed by atoms with Gasteiger partial charge in [0.05, 0.1) is 19.6 Å². The molecule has 3 rings (SSSR count). The fraction of sp³-hybridized carbons (Fsp3) is 0.421. The van der Waals surface area contributed by atoms with Gasteiger partial charge in [0.1, 0.15) is 6.61 Å². The van der Waals surface area contributed by atoms with Gasteiger partial charge in [-0.25, -0.2) is 0 Å². The number of hydrogen-bond acceptors (Lipinski definition) is 6. The van der Waals surface area contributed by atoms with Crippen molar-refractivity contribution < 1.29 is 14.3 Å². The van der Waals surface area contributed by atoms with Gasteiger partial charge in [-0.15, -0.1) is 10.2 Å². The summed E-state index contributed by atoms with van der Waals surface area (Å²) in [5.41, 5.74) is 0. The highest BCUT2D eigenvalue weighted by molar-refractivity contribution is 6.29. The molecule has 0 unspecified atom stereocenters. The summed E-state index contributed by atoms with van der Waals surface area (Å²) in [5.74, 6) is 2.04. The van der Waals surface area contributed by atoms with Crippen LogP contribution >= 0.6 is 11.6 Å². The van der Waals surface area contributed by atoms with E-state index in [1.165, 1.54) is 0 Å². The SMILES string of the molecule is COc1ccccc1OCCNC(=O)[C@H]1CCCN(c2ccc(Cl)nn2)C1. The van der Waals surface area contributed by atoms with Gasteiger partial charge in [0.15, 0.2) is 22.5 Å². The molecule has 1 atom stereocenters. The minimum Gasteiger partial charge on any atom is -0.493 e. The molecule has 1 aliphatic rings. The number of benzene rings is 1. The molecule has 1 saturated heterocycles. The minimum absolute atomic E-state index is 0.0326. The fourth-order valence-corrected chi connectivity index (χ4v) is 3.20. The van der Waals surface area contributed by atoms with E-state index in [4.69, 9.17) is 21.1 Å². The quantitative estimate of drug-likeness (QED) is 0.732. The summed E-state index contributed by atoms with van der Waals surface area (Å²) in [7, 11) is 1.60. The summed E-state index contributed by atoms with van der Waals surface area (Å²) in [5, 5.41) is 11.3. The van der Waals surface area contributed by atoms with Crippen LogP contribution in [-0.2, 0) is 4.79 Å². The van der Waals surface area contributed by atoms with Crippen molar-refractivity contribution in [3.05, 3.63) is 41.6 Å². The van der Waals surface area contributed by atoms with Gasteiger partial charge in [-0.3, -0.25) is 4.79 Å². The van der Waals surface area contributed by atoms with Crippen molar-refractivity contribution in [3.8, 4) is 11.5 Å². The molecule has 7 nitrogen and oxygen atoms in total. The predicted octanol–water partition coefficient (Wildman–Crippen LogP) is 2.55. The number of nitrogens with zero attached hydrogens (tertiary/aromatic N) is 3. The third-order valence-corrected chi connectivity index (χ3v) is 4.66. The Morgan fingerprint density at radius 3 is 2.81 bits per heavy atom. The Morgan fingerprint density at radius 1 is 1.26 bits per heavy atom. The van der Waals surface area contributed by atoms with Crippen molar-refractivity contribution in [3.63, 3.8) is 0 Å². The van der Waals surface area contributed by atoms with E-state index in [-0.39, 0.29) is 11.8 Å². The van der Waals surface area contributed by atoms with Crippen LogP contribution in [-0.4, -0.2) is 49.5 Å². The Kier molecular flexibility index (Phi) is 6.70. The summed E-state index contributed by atoms with van der Waals surface area (Å²) in [6.45, 7) is 2.30. The number of methoxy groups -OCH3 is 1. The third-order valence-electron chi connectivity index (χ3n) is 4.46. The van der Waals surface area contributed by atoms with Crippen LogP contribution in [0.4, 0.5) is 5.82 Å². The molecular weight excluding hydrogens is 368 g/mol. The molecule has 2 aromatic rings. The molecule has 0 saturated carbocycles. The van der Waals surface area contributed by atoms with E-state index in [1.807, 2.05) is 30.3 Å². The Hall–Kier alpha value is -2.54. The largest absolute Gasteiger partial charge is 0.493 e. The lowest BCUT2D eigenvalue weighted by molar-refractivity contribution is -0.125. The van der Waals surface area contributed by atoms with Gasteiger partial charge in [0, 0.05) is 13.1 Å². The van der Waals surface area contributed by atoms with Gasteiger partial charge >= 0.3 is 0 Å². The first-order valence-electron chi connectivity index (χ1n) is 8.95. The Bertz CT molecular complexity index is 757. The molecule has 1 N–H and O–H groups in total. The number of para-hydroxylation sites is 2. The number of carbonyl (C=O) groups is 1. The molecule has 0 bridgehead atoms. The van der Waals surface area contributed by atoms with Gasteiger partial charge in [-0.2, -0.15) is 0 Å². The Labute approximate surface area is 163 Å². The zero-order valence-electron chi connectivity index (χ0n) is 15.2. The second-order valence-electron chi connectivity index (χ2n) is 6.29. The third kappa shape index (κ3) is 5.23. The van der Waals surface area contributed by atoms with E-state index < -0.39 is 0 Å². The topological polar surface area (TPSA) is 76.6 Å². The van der Waals surface area contributed by atoms with E-state index in [0.717, 1.165) is 25.2 Å². The maximum absolute atomic E-state index is 12.5. The first kappa shape index (κ1) is 19.2. The van der Waals surface area contributed by atoms with Crippen LogP contribution < -0.4 is 19.7 Å². The molecule has 1 amide bonds. The number of ether oxygens (including phenoxy) is 2. The maximum Gasteiger partial charge on any atom is 0.225 e. The van der Waals surface area contributed by atoms with Crippen LogP contribution in [0.5, 0.6) is 11.5 Å². The molecule has 1 aliphatic heterocycles. The lowest BCUT2D eigenvalue weighted by Crippen LogP contribution is -2.44. The summed E-state index contributed by atoms with van der Waals surface area (Å²) in [6.07, 6.45) is 1.79. The molecule has 0 radical (unpaired) electrons. The van der Waals surface area contributed by atoms with Gasteiger partial charge in [0.2, 0.25) is 5.91 Å². The average molecular weight is 391 g/mol. The summed E-state index contributed by atoms with van der Waals surface area (Å²) >= 11 is 5.79. The van der Waals surface area contributed by atoms with Gasteiger partial charge in [-0.1, -0.05) is 23.7 Å². The van der Waals surface area contributed by atoms with Crippen molar-refractivity contribution >= 4 is 23.3 Å². The second kappa shape index (κ2) is 9.41. The van der Waals surface area contributed by atoms with E-state index in [9.17, 15) is 4.79 Å². The number of amides is 1. The van der Waals surface area contributed by atoms with Crippen LogP contribution in [0.3, 0.4) is 0 Å². The molecule has 8 heteroatoms. The number of rotatable bonds is 7. The van der Waals surface area contributed by atoms with Gasteiger partial charge in [-0.05, 0) is 37.1 Å². The van der Waals surface area contributed by atoms with Crippen LogP contribution in [0.25, 0.3) is 0 Å².